The molecular formula is C12H15BrFNO. The van der Waals surface area contributed by atoms with Gasteiger partial charge in [-0.1, -0.05) is 12.1 Å². The van der Waals surface area contributed by atoms with Crippen molar-refractivity contribution in [2.45, 2.75) is 18.9 Å². The molecule has 1 fully saturated rings. The Morgan fingerprint density at radius 2 is 2.31 bits per heavy atom. The van der Waals surface area contributed by atoms with Crippen LogP contribution < -0.4 is 5.73 Å². The van der Waals surface area contributed by atoms with Gasteiger partial charge < -0.3 is 10.5 Å². The highest BCUT2D eigenvalue weighted by Crippen LogP contribution is 2.32. The molecule has 2 atom stereocenters. The van der Waals surface area contributed by atoms with Crippen molar-refractivity contribution in [2.24, 2.45) is 11.7 Å². The van der Waals surface area contributed by atoms with E-state index < -0.39 is 0 Å². The highest BCUT2D eigenvalue weighted by molar-refractivity contribution is 9.10. The van der Waals surface area contributed by atoms with Crippen LogP contribution in [0.5, 0.6) is 0 Å². The lowest BCUT2D eigenvalue weighted by Crippen LogP contribution is -2.29. The van der Waals surface area contributed by atoms with Gasteiger partial charge >= 0.3 is 0 Å². The maximum absolute atomic E-state index is 13.4. The van der Waals surface area contributed by atoms with E-state index in [9.17, 15) is 4.39 Å². The van der Waals surface area contributed by atoms with Gasteiger partial charge in [-0.15, -0.1) is 0 Å². The average molecular weight is 288 g/mol. The van der Waals surface area contributed by atoms with E-state index in [1.807, 2.05) is 6.07 Å². The van der Waals surface area contributed by atoms with Crippen LogP contribution >= 0.6 is 15.9 Å². The van der Waals surface area contributed by atoms with Crippen molar-refractivity contribution in [3.63, 3.8) is 0 Å². The Balaban J connectivity index is 2.19. The number of benzene rings is 1. The predicted molar refractivity (Wildman–Crippen MR) is 64.6 cm³/mol. The van der Waals surface area contributed by atoms with Gasteiger partial charge in [-0.3, -0.25) is 0 Å². The smallest absolute Gasteiger partial charge is 0.137 e. The van der Waals surface area contributed by atoms with Crippen LogP contribution in [0.15, 0.2) is 22.7 Å². The van der Waals surface area contributed by atoms with Gasteiger partial charge in [0.15, 0.2) is 0 Å². The molecule has 1 saturated heterocycles. The minimum absolute atomic E-state index is 0.162. The highest BCUT2D eigenvalue weighted by atomic mass is 79.9. The number of nitrogens with two attached hydrogens (primary N) is 1. The van der Waals surface area contributed by atoms with Crippen LogP contribution in [0.4, 0.5) is 4.39 Å². The Labute approximate surface area is 103 Å². The lowest BCUT2D eigenvalue weighted by Gasteiger charge is -2.28. The molecule has 0 saturated carbocycles. The molecule has 0 spiro atoms. The van der Waals surface area contributed by atoms with E-state index in [1.165, 1.54) is 6.07 Å². The molecule has 2 N–H and O–H groups in total. The maximum atomic E-state index is 13.4. The van der Waals surface area contributed by atoms with Crippen molar-refractivity contribution < 1.29 is 9.13 Å². The van der Waals surface area contributed by atoms with Crippen LogP contribution in [-0.2, 0) is 4.74 Å². The second-order valence-electron chi connectivity index (χ2n) is 4.15. The Bertz CT molecular complexity index is 366. The van der Waals surface area contributed by atoms with Crippen molar-refractivity contribution in [3.05, 3.63) is 34.1 Å². The summed E-state index contributed by atoms with van der Waals surface area (Å²) in [6.07, 6.45) is 2.08. The van der Waals surface area contributed by atoms with Gasteiger partial charge in [0.2, 0.25) is 0 Å². The molecule has 2 nitrogen and oxygen atoms in total. The Hall–Kier alpha value is -0.450. The molecule has 4 heteroatoms. The molecule has 16 heavy (non-hydrogen) atoms. The molecule has 1 aromatic rings. The van der Waals surface area contributed by atoms with Crippen LogP contribution in [0.2, 0.25) is 0 Å². The van der Waals surface area contributed by atoms with Gasteiger partial charge in [-0.05, 0) is 40.4 Å². The SMILES string of the molecule is NC(c1cccc(F)c1Br)C1CCCOC1. The zero-order valence-corrected chi connectivity index (χ0v) is 10.5. The number of rotatable bonds is 2. The number of ether oxygens (including phenoxy) is 1. The normalized spacial score (nSPS) is 23.1. The fraction of sp³-hybridized carbons (Fsp3) is 0.500. The van der Waals surface area contributed by atoms with Gasteiger partial charge in [-0.2, -0.15) is 0 Å². The first-order chi connectivity index (χ1) is 7.70. The zero-order chi connectivity index (χ0) is 11.5. The molecule has 0 amide bonds. The molecule has 0 aliphatic carbocycles. The summed E-state index contributed by atoms with van der Waals surface area (Å²) in [6, 6.07) is 4.83. The third-order valence-electron chi connectivity index (χ3n) is 3.04. The lowest BCUT2D eigenvalue weighted by atomic mass is 9.89. The fourth-order valence-corrected chi connectivity index (χ4v) is 2.61. The fourth-order valence-electron chi connectivity index (χ4n) is 2.08. The molecule has 88 valence electrons. The summed E-state index contributed by atoms with van der Waals surface area (Å²) in [5.41, 5.74) is 6.99. The summed E-state index contributed by atoms with van der Waals surface area (Å²) >= 11 is 3.25. The summed E-state index contributed by atoms with van der Waals surface area (Å²) in [5, 5.41) is 0. The van der Waals surface area contributed by atoms with Crippen LogP contribution in [0, 0.1) is 11.7 Å². The molecule has 1 aromatic carbocycles. The quantitative estimate of drug-likeness (QED) is 0.908. The average Bonchev–Trinajstić information content (AvgIpc) is 2.33. The zero-order valence-electron chi connectivity index (χ0n) is 8.96. The van der Waals surface area contributed by atoms with Crippen LogP contribution in [0.25, 0.3) is 0 Å². The lowest BCUT2D eigenvalue weighted by molar-refractivity contribution is 0.0446. The summed E-state index contributed by atoms with van der Waals surface area (Å²) in [6.45, 7) is 1.48. The topological polar surface area (TPSA) is 35.2 Å². The van der Waals surface area contributed by atoms with Crippen molar-refractivity contribution in [1.29, 1.82) is 0 Å². The summed E-state index contributed by atoms with van der Waals surface area (Å²) in [5.74, 6) is 0.0246. The molecule has 1 heterocycles. The van der Waals surface area contributed by atoms with Crippen molar-refractivity contribution in [3.8, 4) is 0 Å². The first-order valence-corrected chi connectivity index (χ1v) is 6.26. The number of hydrogen-bond acceptors (Lipinski definition) is 2. The van der Waals surface area contributed by atoms with Gasteiger partial charge in [0, 0.05) is 18.6 Å². The van der Waals surface area contributed by atoms with Gasteiger partial charge in [0.05, 0.1) is 11.1 Å². The third-order valence-corrected chi connectivity index (χ3v) is 3.88. The number of halogens is 2. The van der Waals surface area contributed by atoms with E-state index in [-0.39, 0.29) is 17.8 Å². The van der Waals surface area contributed by atoms with Gasteiger partial charge in [0.25, 0.3) is 0 Å². The highest BCUT2D eigenvalue weighted by Gasteiger charge is 2.24. The largest absolute Gasteiger partial charge is 0.381 e. The monoisotopic (exact) mass is 287 g/mol. The number of hydrogen-bond donors (Lipinski definition) is 1. The van der Waals surface area contributed by atoms with Crippen LogP contribution in [0.3, 0.4) is 0 Å². The first kappa shape index (κ1) is 12.0. The Morgan fingerprint density at radius 1 is 1.50 bits per heavy atom. The summed E-state index contributed by atoms with van der Waals surface area (Å²) in [4.78, 5) is 0. The van der Waals surface area contributed by atoms with E-state index in [2.05, 4.69) is 15.9 Å². The summed E-state index contributed by atoms with van der Waals surface area (Å²) in [7, 11) is 0. The molecule has 1 aliphatic rings. The van der Waals surface area contributed by atoms with Crippen molar-refractivity contribution >= 4 is 15.9 Å². The van der Waals surface area contributed by atoms with E-state index in [1.54, 1.807) is 6.07 Å². The van der Waals surface area contributed by atoms with Crippen molar-refractivity contribution in [1.82, 2.24) is 0 Å². The molecule has 0 bridgehead atoms. The van der Waals surface area contributed by atoms with Crippen molar-refractivity contribution in [2.75, 3.05) is 13.2 Å². The molecule has 1 aliphatic heterocycles. The second-order valence-corrected chi connectivity index (χ2v) is 4.94. The van der Waals surface area contributed by atoms with Crippen LogP contribution in [0.1, 0.15) is 24.4 Å². The van der Waals surface area contributed by atoms with E-state index >= 15 is 0 Å². The molecule has 2 unspecified atom stereocenters. The van der Waals surface area contributed by atoms with Gasteiger partial charge in [-0.25, -0.2) is 4.39 Å². The first-order valence-electron chi connectivity index (χ1n) is 5.47. The van der Waals surface area contributed by atoms with Gasteiger partial charge in [0.1, 0.15) is 5.82 Å². The third kappa shape index (κ3) is 2.44. The second kappa shape index (κ2) is 5.25. The molecule has 2 rings (SSSR count). The predicted octanol–water partition coefficient (Wildman–Crippen LogP) is 3.01. The van der Waals surface area contributed by atoms with Crippen LogP contribution in [-0.4, -0.2) is 13.2 Å². The molecule has 0 aromatic heterocycles. The maximum Gasteiger partial charge on any atom is 0.137 e. The standard InChI is InChI=1S/C12H15BrFNO/c13-11-9(4-1-5-10(11)14)12(15)8-3-2-6-16-7-8/h1,4-5,8,12H,2-3,6-7,15H2. The van der Waals surface area contributed by atoms with E-state index in [0.29, 0.717) is 11.1 Å². The van der Waals surface area contributed by atoms with E-state index in [0.717, 1.165) is 25.0 Å². The Morgan fingerprint density at radius 3 is 3.00 bits per heavy atom. The minimum Gasteiger partial charge on any atom is -0.381 e. The molecular weight excluding hydrogens is 273 g/mol. The Kier molecular flexibility index (Phi) is 3.95. The summed E-state index contributed by atoms with van der Waals surface area (Å²) < 4.78 is 19.3. The molecule has 0 radical (unpaired) electrons. The minimum atomic E-state index is -0.260. The van der Waals surface area contributed by atoms with E-state index in [4.69, 9.17) is 10.5 Å².